The van der Waals surface area contributed by atoms with E-state index in [0.717, 1.165) is 0 Å². The summed E-state index contributed by atoms with van der Waals surface area (Å²) < 4.78 is 21.3. The molecular formula is C22H27N3O6S. The van der Waals surface area contributed by atoms with Crippen LogP contribution in [0.25, 0.3) is 0 Å². The van der Waals surface area contributed by atoms with Gasteiger partial charge in [-0.15, -0.1) is 0 Å². The molecule has 2 rings (SSSR count). The van der Waals surface area contributed by atoms with Gasteiger partial charge >= 0.3 is 0 Å². The van der Waals surface area contributed by atoms with Crippen LogP contribution in [0.5, 0.6) is 23.0 Å². The van der Waals surface area contributed by atoms with E-state index >= 15 is 0 Å². The van der Waals surface area contributed by atoms with Crippen molar-refractivity contribution in [2.75, 3.05) is 27.9 Å². The van der Waals surface area contributed by atoms with E-state index in [1.807, 2.05) is 0 Å². The zero-order valence-corrected chi connectivity index (χ0v) is 19.4. The second kappa shape index (κ2) is 11.8. The fraction of sp³-hybridized carbons (Fsp3) is 0.318. The number of hydrogen-bond donors (Lipinski definition) is 3. The lowest BCUT2D eigenvalue weighted by Crippen LogP contribution is -2.48. The highest BCUT2D eigenvalue weighted by Gasteiger charge is 2.17. The van der Waals surface area contributed by atoms with Crippen LogP contribution < -0.4 is 35.1 Å². The van der Waals surface area contributed by atoms with Crippen LogP contribution >= 0.6 is 12.2 Å². The summed E-state index contributed by atoms with van der Waals surface area (Å²) in [6, 6.07) is 9.65. The van der Waals surface area contributed by atoms with E-state index in [2.05, 4.69) is 30.0 Å². The number of ether oxygens (including phenoxy) is 4. The van der Waals surface area contributed by atoms with E-state index in [-0.39, 0.29) is 10.7 Å². The van der Waals surface area contributed by atoms with Gasteiger partial charge in [0.25, 0.3) is 11.8 Å². The van der Waals surface area contributed by atoms with Gasteiger partial charge in [0.15, 0.2) is 16.6 Å². The van der Waals surface area contributed by atoms with Crippen LogP contribution in [-0.4, -0.2) is 44.9 Å². The zero-order chi connectivity index (χ0) is 23.7. The number of methoxy groups -OCH3 is 3. The summed E-state index contributed by atoms with van der Waals surface area (Å²) in [4.78, 5) is 24.8. The first-order chi connectivity index (χ1) is 15.3. The SMILES string of the molecule is COc1cc(C(=O)NNC(=S)NC(=O)c2ccc(OCC(C)C)cc2)cc(OC)c1OC. The molecule has 0 aromatic heterocycles. The van der Waals surface area contributed by atoms with Gasteiger partial charge in [0, 0.05) is 11.1 Å². The molecule has 9 nitrogen and oxygen atoms in total. The van der Waals surface area contributed by atoms with Crippen molar-refractivity contribution in [2.24, 2.45) is 5.92 Å². The summed E-state index contributed by atoms with van der Waals surface area (Å²) in [6.45, 7) is 4.69. The first-order valence-electron chi connectivity index (χ1n) is 9.73. The average molecular weight is 462 g/mol. The minimum absolute atomic E-state index is 0.0732. The molecule has 0 atom stereocenters. The van der Waals surface area contributed by atoms with Gasteiger partial charge in [-0.2, -0.15) is 0 Å². The molecule has 2 aromatic rings. The second-order valence-corrected chi connectivity index (χ2v) is 7.41. The smallest absolute Gasteiger partial charge is 0.269 e. The average Bonchev–Trinajstić information content (AvgIpc) is 2.80. The van der Waals surface area contributed by atoms with Crippen LogP contribution in [-0.2, 0) is 0 Å². The molecule has 0 bridgehead atoms. The van der Waals surface area contributed by atoms with E-state index in [1.165, 1.54) is 33.5 Å². The number of hydrazine groups is 1. The van der Waals surface area contributed by atoms with Crippen LogP contribution in [0.15, 0.2) is 36.4 Å². The van der Waals surface area contributed by atoms with Crippen LogP contribution in [0.4, 0.5) is 0 Å². The summed E-state index contributed by atoms with van der Waals surface area (Å²) in [5.41, 5.74) is 5.53. The Hall–Kier alpha value is -3.53. The van der Waals surface area contributed by atoms with Crippen molar-refractivity contribution in [3.8, 4) is 23.0 Å². The Labute approximate surface area is 192 Å². The molecule has 2 amide bonds. The molecule has 0 unspecified atom stereocenters. The summed E-state index contributed by atoms with van der Waals surface area (Å²) in [5, 5.41) is 2.42. The minimum atomic E-state index is -0.521. The lowest BCUT2D eigenvalue weighted by molar-refractivity contribution is 0.0934. The van der Waals surface area contributed by atoms with Crippen molar-refractivity contribution in [3.63, 3.8) is 0 Å². The molecule has 0 spiro atoms. The summed E-state index contributed by atoms with van der Waals surface area (Å²) in [7, 11) is 4.37. The number of nitrogens with one attached hydrogen (secondary N) is 3. The molecule has 0 aliphatic carbocycles. The molecule has 32 heavy (non-hydrogen) atoms. The van der Waals surface area contributed by atoms with Gasteiger partial charge in [-0.3, -0.25) is 25.8 Å². The highest BCUT2D eigenvalue weighted by atomic mass is 32.1. The molecule has 0 saturated carbocycles. The zero-order valence-electron chi connectivity index (χ0n) is 18.6. The number of carbonyl (C=O) groups is 2. The Morgan fingerprint density at radius 3 is 1.97 bits per heavy atom. The van der Waals surface area contributed by atoms with Gasteiger partial charge in [-0.05, 0) is 54.5 Å². The Bertz CT molecular complexity index is 938. The van der Waals surface area contributed by atoms with E-state index in [9.17, 15) is 9.59 Å². The molecular weight excluding hydrogens is 434 g/mol. The monoisotopic (exact) mass is 461 g/mol. The molecule has 0 heterocycles. The van der Waals surface area contributed by atoms with Crippen molar-refractivity contribution in [3.05, 3.63) is 47.5 Å². The molecule has 0 aliphatic heterocycles. The summed E-state index contributed by atoms with van der Waals surface area (Å²) >= 11 is 5.08. The first-order valence-corrected chi connectivity index (χ1v) is 10.1. The third kappa shape index (κ3) is 6.74. The van der Waals surface area contributed by atoms with Crippen molar-refractivity contribution in [1.82, 2.24) is 16.2 Å². The molecule has 10 heteroatoms. The van der Waals surface area contributed by atoms with Crippen molar-refractivity contribution in [1.29, 1.82) is 0 Å². The van der Waals surface area contributed by atoms with Gasteiger partial charge in [0.05, 0.1) is 27.9 Å². The topological polar surface area (TPSA) is 107 Å². The van der Waals surface area contributed by atoms with Crippen LogP contribution in [0.2, 0.25) is 0 Å². The Balaban J connectivity index is 1.93. The van der Waals surface area contributed by atoms with Crippen LogP contribution in [0.1, 0.15) is 34.6 Å². The van der Waals surface area contributed by atoms with Crippen molar-refractivity contribution in [2.45, 2.75) is 13.8 Å². The third-order valence-corrected chi connectivity index (χ3v) is 4.35. The molecule has 3 N–H and O–H groups in total. The highest BCUT2D eigenvalue weighted by Crippen LogP contribution is 2.38. The predicted octanol–water partition coefficient (Wildman–Crippen LogP) is 2.70. The lowest BCUT2D eigenvalue weighted by Gasteiger charge is -2.15. The number of amides is 2. The van der Waals surface area contributed by atoms with Crippen molar-refractivity contribution < 1.29 is 28.5 Å². The van der Waals surface area contributed by atoms with Gasteiger partial charge in [-0.1, -0.05) is 13.8 Å². The van der Waals surface area contributed by atoms with Gasteiger partial charge in [0.1, 0.15) is 5.75 Å². The fourth-order valence-corrected chi connectivity index (χ4v) is 2.71. The number of thiocarbonyl (C=S) groups is 1. The van der Waals surface area contributed by atoms with Crippen LogP contribution in [0.3, 0.4) is 0 Å². The Kier molecular flexibility index (Phi) is 9.08. The maximum atomic E-state index is 12.5. The molecule has 2 aromatic carbocycles. The molecule has 0 saturated heterocycles. The van der Waals surface area contributed by atoms with E-state index in [1.54, 1.807) is 24.3 Å². The standard InChI is InChI=1S/C22H27N3O6S/c1-13(2)12-31-16-8-6-14(7-9-16)20(26)23-22(32)25-24-21(27)15-10-17(28-3)19(30-5)18(11-15)29-4/h6-11,13H,12H2,1-5H3,(H,24,27)(H2,23,25,26,32). The van der Waals surface area contributed by atoms with Gasteiger partial charge in [0.2, 0.25) is 5.75 Å². The largest absolute Gasteiger partial charge is 0.493 e. The van der Waals surface area contributed by atoms with Crippen LogP contribution in [0, 0.1) is 5.92 Å². The molecule has 0 aliphatic rings. The lowest BCUT2D eigenvalue weighted by atomic mass is 10.1. The third-order valence-electron chi connectivity index (χ3n) is 4.14. The van der Waals surface area contributed by atoms with E-state index in [4.69, 9.17) is 31.2 Å². The van der Waals surface area contributed by atoms with E-state index in [0.29, 0.717) is 41.1 Å². The van der Waals surface area contributed by atoms with Gasteiger partial charge < -0.3 is 18.9 Å². The minimum Gasteiger partial charge on any atom is -0.493 e. The number of carbonyl (C=O) groups excluding carboxylic acids is 2. The fourth-order valence-electron chi connectivity index (χ4n) is 2.57. The number of rotatable bonds is 8. The highest BCUT2D eigenvalue weighted by molar-refractivity contribution is 7.80. The summed E-state index contributed by atoms with van der Waals surface area (Å²) in [6.07, 6.45) is 0. The first kappa shape index (κ1) is 24.7. The normalized spacial score (nSPS) is 10.2. The molecule has 0 fully saturated rings. The maximum absolute atomic E-state index is 12.5. The van der Waals surface area contributed by atoms with E-state index < -0.39 is 11.8 Å². The number of benzene rings is 2. The Morgan fingerprint density at radius 2 is 1.47 bits per heavy atom. The number of hydrogen-bond acceptors (Lipinski definition) is 7. The quantitative estimate of drug-likeness (QED) is 0.407. The molecule has 172 valence electrons. The maximum Gasteiger partial charge on any atom is 0.269 e. The summed E-state index contributed by atoms with van der Waals surface area (Å²) in [5.74, 6) is 1.14. The van der Waals surface area contributed by atoms with Crippen molar-refractivity contribution >= 4 is 29.1 Å². The molecule has 0 radical (unpaired) electrons. The second-order valence-electron chi connectivity index (χ2n) is 7.01. The predicted molar refractivity (Wildman–Crippen MR) is 124 cm³/mol. The Morgan fingerprint density at radius 1 is 0.875 bits per heavy atom. The van der Waals surface area contributed by atoms with Gasteiger partial charge in [-0.25, -0.2) is 0 Å².